The summed E-state index contributed by atoms with van der Waals surface area (Å²) in [6, 6.07) is 7.04. The smallest absolute Gasteiger partial charge is 0.141 e. The van der Waals surface area contributed by atoms with Gasteiger partial charge in [0.1, 0.15) is 7.85 Å². The van der Waals surface area contributed by atoms with Crippen molar-refractivity contribution in [3.05, 3.63) is 29.8 Å². The summed E-state index contributed by atoms with van der Waals surface area (Å²) in [6.07, 6.45) is 0. The van der Waals surface area contributed by atoms with E-state index in [0.29, 0.717) is 11.3 Å². The lowest BCUT2D eigenvalue weighted by molar-refractivity contribution is 1.52. The van der Waals surface area contributed by atoms with Crippen LogP contribution in [-0.4, -0.2) is 13.5 Å². The maximum Gasteiger partial charge on any atom is 0.141 e. The molecule has 0 unspecified atom stereocenters. The molecule has 1 aromatic carbocycles. The average Bonchev–Trinajstić information content (AvgIpc) is 1.88. The van der Waals surface area contributed by atoms with Crippen LogP contribution in [0.25, 0.3) is 0 Å². The molecule has 0 amide bonds. The van der Waals surface area contributed by atoms with Gasteiger partial charge in [0.05, 0.1) is 0 Å². The second-order valence-corrected chi connectivity index (χ2v) is 2.00. The van der Waals surface area contributed by atoms with E-state index < -0.39 is 0 Å². The van der Waals surface area contributed by atoms with E-state index in [1.165, 1.54) is 0 Å². The molecule has 0 aliphatic carbocycles. The van der Waals surface area contributed by atoms with Crippen molar-refractivity contribution in [1.29, 1.82) is 5.41 Å². The van der Waals surface area contributed by atoms with Crippen LogP contribution in [0.1, 0.15) is 5.56 Å². The van der Waals surface area contributed by atoms with Gasteiger partial charge in [-0.2, -0.15) is 0 Å². The molecule has 0 bridgehead atoms. The van der Waals surface area contributed by atoms with Gasteiger partial charge in [0.25, 0.3) is 0 Å². The standard InChI is InChI=1S/C7H7BN2/c8-7(10)5-3-1-2-4-6(5)9/h1-4,10H,9H2. The molecule has 0 fully saturated rings. The van der Waals surface area contributed by atoms with E-state index in [2.05, 4.69) is 0 Å². The normalized spacial score (nSPS) is 9.20. The first kappa shape index (κ1) is 6.87. The molecule has 0 aromatic heterocycles. The predicted molar refractivity (Wildman–Crippen MR) is 43.4 cm³/mol. The molecular formula is C7H7BN2. The number of nitrogen functional groups attached to an aromatic ring is 1. The number of benzene rings is 1. The van der Waals surface area contributed by atoms with Gasteiger partial charge >= 0.3 is 0 Å². The van der Waals surface area contributed by atoms with Gasteiger partial charge in [-0.1, -0.05) is 18.2 Å². The summed E-state index contributed by atoms with van der Waals surface area (Å²) in [5, 5.41) is 7.07. The Hall–Kier alpha value is -1.25. The maximum absolute atomic E-state index is 7.07. The zero-order valence-electron chi connectivity index (χ0n) is 5.46. The molecule has 10 heavy (non-hydrogen) atoms. The van der Waals surface area contributed by atoms with Crippen molar-refractivity contribution in [1.82, 2.24) is 0 Å². The van der Waals surface area contributed by atoms with E-state index in [9.17, 15) is 0 Å². The molecule has 1 rings (SSSR count). The van der Waals surface area contributed by atoms with Gasteiger partial charge in [0.2, 0.25) is 0 Å². The molecular weight excluding hydrogens is 123 g/mol. The first-order valence-electron chi connectivity index (χ1n) is 2.90. The Morgan fingerprint density at radius 3 is 2.40 bits per heavy atom. The second kappa shape index (κ2) is 2.56. The van der Waals surface area contributed by atoms with E-state index in [4.69, 9.17) is 19.0 Å². The fourth-order valence-corrected chi connectivity index (χ4v) is 0.742. The number of anilines is 1. The first-order valence-corrected chi connectivity index (χ1v) is 2.90. The van der Waals surface area contributed by atoms with Gasteiger partial charge in [0, 0.05) is 11.3 Å². The van der Waals surface area contributed by atoms with Gasteiger partial charge in [0.15, 0.2) is 0 Å². The zero-order valence-corrected chi connectivity index (χ0v) is 5.46. The Bertz CT molecular complexity index is 258. The Balaban J connectivity index is 3.15. The van der Waals surface area contributed by atoms with Gasteiger partial charge in [-0.25, -0.2) is 0 Å². The monoisotopic (exact) mass is 130 g/mol. The number of nitrogens with one attached hydrogen (secondary N) is 1. The summed E-state index contributed by atoms with van der Waals surface area (Å²) in [7, 11) is 5.22. The highest BCUT2D eigenvalue weighted by atomic mass is 14.6. The summed E-state index contributed by atoms with van der Waals surface area (Å²) in [5.41, 5.74) is 6.66. The third-order valence-corrected chi connectivity index (χ3v) is 1.25. The van der Waals surface area contributed by atoms with Crippen molar-refractivity contribution >= 4 is 19.1 Å². The van der Waals surface area contributed by atoms with Gasteiger partial charge in [-0.15, -0.1) is 0 Å². The summed E-state index contributed by atoms with van der Waals surface area (Å²) in [4.78, 5) is 0. The lowest BCUT2D eigenvalue weighted by atomic mass is 9.93. The van der Waals surface area contributed by atoms with Crippen LogP contribution >= 0.6 is 0 Å². The predicted octanol–water partition coefficient (Wildman–Crippen LogP) is 0.763. The van der Waals surface area contributed by atoms with Crippen LogP contribution in [0, 0.1) is 5.41 Å². The lowest BCUT2D eigenvalue weighted by Crippen LogP contribution is -2.01. The number of rotatable bonds is 1. The SMILES string of the molecule is [B]C(=N)c1ccccc1N. The minimum absolute atomic E-state index is 0.0121. The molecule has 3 N–H and O–H groups in total. The van der Waals surface area contributed by atoms with Crippen molar-refractivity contribution in [3.8, 4) is 0 Å². The first-order chi connectivity index (χ1) is 4.72. The molecule has 0 aliphatic heterocycles. The molecule has 2 nitrogen and oxygen atoms in total. The molecule has 0 atom stereocenters. The largest absolute Gasteiger partial charge is 0.398 e. The van der Waals surface area contributed by atoms with Crippen LogP contribution in [0.4, 0.5) is 5.69 Å². The highest BCUT2D eigenvalue weighted by molar-refractivity contribution is 6.63. The van der Waals surface area contributed by atoms with Gasteiger partial charge < -0.3 is 11.1 Å². The van der Waals surface area contributed by atoms with Crippen LogP contribution in [0.5, 0.6) is 0 Å². The molecule has 48 valence electrons. The Kier molecular flexibility index (Phi) is 1.76. The molecule has 0 spiro atoms. The molecule has 0 heterocycles. The van der Waals surface area contributed by atoms with Crippen LogP contribution in [0.15, 0.2) is 24.3 Å². The van der Waals surface area contributed by atoms with Crippen molar-refractivity contribution in [2.75, 3.05) is 5.73 Å². The van der Waals surface area contributed by atoms with Crippen molar-refractivity contribution in [2.24, 2.45) is 0 Å². The van der Waals surface area contributed by atoms with Crippen LogP contribution < -0.4 is 5.73 Å². The number of hydrogen-bond donors (Lipinski definition) is 2. The van der Waals surface area contributed by atoms with Gasteiger partial charge in [-0.05, 0) is 11.7 Å². The van der Waals surface area contributed by atoms with Crippen LogP contribution in [0.3, 0.4) is 0 Å². The van der Waals surface area contributed by atoms with E-state index >= 15 is 0 Å². The Morgan fingerprint density at radius 2 is 2.00 bits per heavy atom. The minimum Gasteiger partial charge on any atom is -0.398 e. The lowest BCUT2D eigenvalue weighted by Gasteiger charge is -2.00. The van der Waals surface area contributed by atoms with Gasteiger partial charge in [-0.3, -0.25) is 0 Å². The molecule has 2 radical (unpaired) electrons. The molecule has 0 aliphatic rings. The Labute approximate surface area is 61.0 Å². The van der Waals surface area contributed by atoms with E-state index in [1.807, 2.05) is 6.07 Å². The topological polar surface area (TPSA) is 49.9 Å². The van der Waals surface area contributed by atoms with Crippen molar-refractivity contribution < 1.29 is 0 Å². The minimum atomic E-state index is 0.0121. The van der Waals surface area contributed by atoms with Crippen LogP contribution in [0.2, 0.25) is 0 Å². The van der Waals surface area contributed by atoms with Crippen LogP contribution in [-0.2, 0) is 0 Å². The number of nitrogens with two attached hydrogens (primary N) is 1. The van der Waals surface area contributed by atoms with E-state index in [1.54, 1.807) is 18.2 Å². The molecule has 0 saturated carbocycles. The zero-order chi connectivity index (χ0) is 7.56. The highest BCUT2D eigenvalue weighted by Crippen LogP contribution is 2.08. The summed E-state index contributed by atoms with van der Waals surface area (Å²) in [5.74, 6) is 0. The average molecular weight is 130 g/mol. The summed E-state index contributed by atoms with van der Waals surface area (Å²) >= 11 is 0. The Morgan fingerprint density at radius 1 is 1.40 bits per heavy atom. The maximum atomic E-state index is 7.07. The third kappa shape index (κ3) is 1.18. The van der Waals surface area contributed by atoms with E-state index in [-0.39, 0.29) is 5.61 Å². The second-order valence-electron chi connectivity index (χ2n) is 2.00. The fourth-order valence-electron chi connectivity index (χ4n) is 0.742. The highest BCUT2D eigenvalue weighted by Gasteiger charge is 1.96. The summed E-state index contributed by atoms with van der Waals surface area (Å²) in [6.45, 7) is 0. The van der Waals surface area contributed by atoms with Crippen molar-refractivity contribution in [2.45, 2.75) is 0 Å². The van der Waals surface area contributed by atoms with Crippen molar-refractivity contribution in [3.63, 3.8) is 0 Å². The quantitative estimate of drug-likeness (QED) is 0.329. The molecule has 0 saturated heterocycles. The molecule has 1 aromatic rings. The number of para-hydroxylation sites is 1. The third-order valence-electron chi connectivity index (χ3n) is 1.25. The summed E-state index contributed by atoms with van der Waals surface area (Å²) < 4.78 is 0. The number of hydrogen-bond acceptors (Lipinski definition) is 2. The fraction of sp³-hybridized carbons (Fsp3) is 0. The van der Waals surface area contributed by atoms with E-state index in [0.717, 1.165) is 0 Å². The molecule has 3 heteroatoms.